The van der Waals surface area contributed by atoms with Gasteiger partial charge in [-0.3, -0.25) is 0 Å². The van der Waals surface area contributed by atoms with Crippen molar-refractivity contribution in [1.29, 1.82) is 0 Å². The summed E-state index contributed by atoms with van der Waals surface area (Å²) in [5.41, 5.74) is 0. The minimum Gasteiger partial charge on any atom is -0.312 e. The molecule has 0 saturated heterocycles. The third-order valence-corrected chi connectivity index (χ3v) is 3.32. The molecule has 0 amide bonds. The van der Waals surface area contributed by atoms with Gasteiger partial charge in [0.05, 0.1) is 0 Å². The summed E-state index contributed by atoms with van der Waals surface area (Å²) in [6.07, 6.45) is 9.53. The number of unbranched alkanes of at least 4 members (excludes halogenated alkanes) is 4. The summed E-state index contributed by atoms with van der Waals surface area (Å²) in [7, 11) is 4.29. The lowest BCUT2D eigenvalue weighted by Gasteiger charge is -2.21. The van der Waals surface area contributed by atoms with E-state index in [4.69, 9.17) is 0 Å². The molecule has 0 aromatic carbocycles. The maximum Gasteiger partial charge on any atom is 0.00533 e. The number of nitrogens with zero attached hydrogens (tertiary/aromatic N) is 1. The van der Waals surface area contributed by atoms with E-state index in [-0.39, 0.29) is 0 Å². The molecule has 0 saturated carbocycles. The van der Waals surface area contributed by atoms with Gasteiger partial charge >= 0.3 is 0 Å². The van der Waals surface area contributed by atoms with Gasteiger partial charge in [-0.15, -0.1) is 0 Å². The summed E-state index contributed by atoms with van der Waals surface area (Å²) in [4.78, 5) is 2.26. The van der Waals surface area contributed by atoms with Crippen LogP contribution in [0.2, 0.25) is 0 Å². The Morgan fingerprint density at radius 3 is 2.06 bits per heavy atom. The second-order valence-electron chi connectivity index (χ2n) is 5.76. The molecule has 2 nitrogen and oxygen atoms in total. The quantitative estimate of drug-likeness (QED) is 0.556. The molecule has 0 rings (SSSR count). The van der Waals surface area contributed by atoms with Gasteiger partial charge in [0.15, 0.2) is 0 Å². The van der Waals surface area contributed by atoms with Gasteiger partial charge in [-0.25, -0.2) is 0 Å². The Balaban J connectivity index is 3.40. The van der Waals surface area contributed by atoms with Crippen molar-refractivity contribution in [2.24, 2.45) is 0 Å². The lowest BCUT2D eigenvalue weighted by molar-refractivity contribution is 0.346. The topological polar surface area (TPSA) is 15.3 Å². The van der Waals surface area contributed by atoms with Crippen LogP contribution < -0.4 is 5.32 Å². The molecule has 0 aromatic rings. The summed E-state index contributed by atoms with van der Waals surface area (Å²) in [5, 5.41) is 3.70. The normalized spacial score (nSPS) is 15.2. The summed E-state index contributed by atoms with van der Waals surface area (Å²) in [6.45, 7) is 8.08. The molecule has 1 N–H and O–H groups in total. The molecule has 0 aliphatic rings. The van der Waals surface area contributed by atoms with Crippen LogP contribution >= 0.6 is 0 Å². The highest BCUT2D eigenvalue weighted by atomic mass is 15.1. The van der Waals surface area contributed by atoms with Gasteiger partial charge in [-0.05, 0) is 47.3 Å². The van der Waals surface area contributed by atoms with Gasteiger partial charge in [-0.1, -0.05) is 39.0 Å². The van der Waals surface area contributed by atoms with E-state index in [1.54, 1.807) is 0 Å². The Hall–Kier alpha value is -0.0800. The van der Waals surface area contributed by atoms with Crippen LogP contribution in [0, 0.1) is 0 Å². The zero-order valence-electron chi connectivity index (χ0n) is 12.8. The minimum atomic E-state index is 0.642. The molecule has 0 aliphatic heterocycles. The van der Waals surface area contributed by atoms with Crippen LogP contribution in [0.5, 0.6) is 0 Å². The standard InChI is InChI=1S/C15H34N2/c1-6-7-8-9-10-11-14(2)16-15(3)12-13-17(4)5/h14-16H,6-13H2,1-5H3. The summed E-state index contributed by atoms with van der Waals surface area (Å²) >= 11 is 0. The smallest absolute Gasteiger partial charge is 0.00533 e. The zero-order valence-corrected chi connectivity index (χ0v) is 12.8. The van der Waals surface area contributed by atoms with Crippen molar-refractivity contribution in [2.45, 2.75) is 77.8 Å². The zero-order chi connectivity index (χ0) is 13.1. The first-order valence-electron chi connectivity index (χ1n) is 7.47. The van der Waals surface area contributed by atoms with Crippen LogP contribution in [0.1, 0.15) is 65.7 Å². The predicted octanol–water partition coefficient (Wildman–Crippen LogP) is 3.67. The van der Waals surface area contributed by atoms with Crippen LogP contribution in [0.25, 0.3) is 0 Å². The number of nitrogens with one attached hydrogen (secondary N) is 1. The SMILES string of the molecule is CCCCCCCC(C)NC(C)CCN(C)C. The second kappa shape index (κ2) is 11.0. The van der Waals surface area contributed by atoms with Gasteiger partial charge in [0.25, 0.3) is 0 Å². The highest BCUT2D eigenvalue weighted by Crippen LogP contribution is 2.08. The van der Waals surface area contributed by atoms with Crippen molar-refractivity contribution >= 4 is 0 Å². The molecule has 104 valence electrons. The molecule has 0 bridgehead atoms. The van der Waals surface area contributed by atoms with Gasteiger partial charge in [0.2, 0.25) is 0 Å². The first-order chi connectivity index (χ1) is 8.06. The molecule has 0 radical (unpaired) electrons. The highest BCUT2D eigenvalue weighted by Gasteiger charge is 2.07. The van der Waals surface area contributed by atoms with E-state index in [9.17, 15) is 0 Å². The maximum atomic E-state index is 3.70. The fourth-order valence-electron chi connectivity index (χ4n) is 2.16. The third-order valence-electron chi connectivity index (χ3n) is 3.32. The predicted molar refractivity (Wildman–Crippen MR) is 78.6 cm³/mol. The third kappa shape index (κ3) is 12.2. The van der Waals surface area contributed by atoms with Crippen molar-refractivity contribution in [3.05, 3.63) is 0 Å². The average Bonchev–Trinajstić information content (AvgIpc) is 2.26. The lowest BCUT2D eigenvalue weighted by atomic mass is 10.1. The Kier molecular flexibility index (Phi) is 11.0. The summed E-state index contributed by atoms with van der Waals surface area (Å²) < 4.78 is 0. The molecule has 0 heterocycles. The molecular weight excluding hydrogens is 208 g/mol. The molecule has 0 aliphatic carbocycles. The summed E-state index contributed by atoms with van der Waals surface area (Å²) in [5.74, 6) is 0. The molecule has 17 heavy (non-hydrogen) atoms. The van der Waals surface area contributed by atoms with Crippen molar-refractivity contribution in [2.75, 3.05) is 20.6 Å². The van der Waals surface area contributed by atoms with Crippen LogP contribution in [0.4, 0.5) is 0 Å². The van der Waals surface area contributed by atoms with Gasteiger partial charge in [0, 0.05) is 12.1 Å². The van der Waals surface area contributed by atoms with Gasteiger partial charge < -0.3 is 10.2 Å². The first kappa shape index (κ1) is 16.9. The molecular formula is C15H34N2. The molecule has 2 heteroatoms. The Bertz CT molecular complexity index is 157. The lowest BCUT2D eigenvalue weighted by Crippen LogP contribution is -2.36. The van der Waals surface area contributed by atoms with Crippen molar-refractivity contribution in [3.63, 3.8) is 0 Å². The summed E-state index contributed by atoms with van der Waals surface area (Å²) in [6, 6.07) is 1.32. The van der Waals surface area contributed by atoms with E-state index in [2.05, 4.69) is 45.1 Å². The Labute approximate surface area is 109 Å². The van der Waals surface area contributed by atoms with E-state index < -0.39 is 0 Å². The van der Waals surface area contributed by atoms with Crippen LogP contribution in [0.15, 0.2) is 0 Å². The molecule has 0 spiro atoms. The molecule has 2 atom stereocenters. The van der Waals surface area contributed by atoms with E-state index in [1.165, 1.54) is 51.5 Å². The number of hydrogen-bond acceptors (Lipinski definition) is 2. The van der Waals surface area contributed by atoms with Gasteiger partial charge in [0.1, 0.15) is 0 Å². The molecule has 2 unspecified atom stereocenters. The van der Waals surface area contributed by atoms with E-state index >= 15 is 0 Å². The second-order valence-corrected chi connectivity index (χ2v) is 5.76. The largest absolute Gasteiger partial charge is 0.312 e. The monoisotopic (exact) mass is 242 g/mol. The fraction of sp³-hybridized carbons (Fsp3) is 1.00. The molecule has 0 aromatic heterocycles. The number of rotatable bonds is 11. The van der Waals surface area contributed by atoms with E-state index in [0.717, 1.165) is 0 Å². The molecule has 0 fully saturated rings. The average molecular weight is 242 g/mol. The van der Waals surface area contributed by atoms with Crippen molar-refractivity contribution < 1.29 is 0 Å². The van der Waals surface area contributed by atoms with Crippen molar-refractivity contribution in [1.82, 2.24) is 10.2 Å². The van der Waals surface area contributed by atoms with Crippen LogP contribution in [-0.2, 0) is 0 Å². The van der Waals surface area contributed by atoms with E-state index in [0.29, 0.717) is 12.1 Å². The van der Waals surface area contributed by atoms with Crippen LogP contribution in [0.3, 0.4) is 0 Å². The van der Waals surface area contributed by atoms with Crippen molar-refractivity contribution in [3.8, 4) is 0 Å². The van der Waals surface area contributed by atoms with Gasteiger partial charge in [-0.2, -0.15) is 0 Å². The van der Waals surface area contributed by atoms with Crippen LogP contribution in [-0.4, -0.2) is 37.6 Å². The highest BCUT2D eigenvalue weighted by molar-refractivity contribution is 4.68. The fourth-order valence-corrected chi connectivity index (χ4v) is 2.16. The Morgan fingerprint density at radius 2 is 1.47 bits per heavy atom. The first-order valence-corrected chi connectivity index (χ1v) is 7.47. The maximum absolute atomic E-state index is 3.70. The van der Waals surface area contributed by atoms with E-state index in [1.807, 2.05) is 0 Å². The Morgan fingerprint density at radius 1 is 0.882 bits per heavy atom. The number of hydrogen-bond donors (Lipinski definition) is 1. The minimum absolute atomic E-state index is 0.642.